The van der Waals surface area contributed by atoms with Crippen molar-refractivity contribution >= 4 is 23.4 Å². The summed E-state index contributed by atoms with van der Waals surface area (Å²) in [4.78, 5) is 29.6. The highest BCUT2D eigenvalue weighted by Crippen LogP contribution is 2.21. The lowest BCUT2D eigenvalue weighted by Gasteiger charge is -2.07. The Labute approximate surface area is 162 Å². The molecule has 0 radical (unpaired) electrons. The number of aromatic nitrogens is 2. The van der Waals surface area contributed by atoms with E-state index in [1.807, 2.05) is 13.0 Å². The van der Waals surface area contributed by atoms with Gasteiger partial charge in [-0.3, -0.25) is 14.0 Å². The molecule has 0 aliphatic heterocycles. The van der Waals surface area contributed by atoms with Crippen LogP contribution in [0.4, 0.5) is 0 Å². The lowest BCUT2D eigenvalue weighted by atomic mass is 10.1. The second-order valence-electron chi connectivity index (χ2n) is 6.53. The number of fused-ring (bicyclic) bond motifs is 1. The number of carbonyl (C=O) groups excluding carboxylic acids is 1. The van der Waals surface area contributed by atoms with Gasteiger partial charge in [0, 0.05) is 22.9 Å². The van der Waals surface area contributed by atoms with Crippen LogP contribution in [-0.2, 0) is 16.1 Å². The maximum absolute atomic E-state index is 12.2. The molecule has 0 aliphatic carbocycles. The molecule has 0 saturated heterocycles. The third-order valence-corrected chi connectivity index (χ3v) is 5.29. The highest BCUT2D eigenvalue weighted by molar-refractivity contribution is 7.99. The van der Waals surface area contributed by atoms with Crippen molar-refractivity contribution < 1.29 is 9.53 Å². The van der Waals surface area contributed by atoms with Crippen molar-refractivity contribution in [1.82, 2.24) is 9.38 Å². The van der Waals surface area contributed by atoms with E-state index in [4.69, 9.17) is 4.74 Å². The molecule has 0 unspecified atom stereocenters. The zero-order valence-electron chi connectivity index (χ0n) is 15.7. The first-order valence-corrected chi connectivity index (χ1v) is 9.75. The van der Waals surface area contributed by atoms with E-state index in [0.29, 0.717) is 23.5 Å². The highest BCUT2D eigenvalue weighted by Gasteiger charge is 2.08. The van der Waals surface area contributed by atoms with Crippen LogP contribution in [0.15, 0.2) is 52.3 Å². The average molecular weight is 382 g/mol. The SMILES string of the molecule is Cc1ccc2nc(COC(=O)CCSc3ccc(C)c(C)c3)cc(=O)n2c1. The number of aryl methyl sites for hydroxylation is 3. The zero-order chi connectivity index (χ0) is 19.4. The van der Waals surface area contributed by atoms with Gasteiger partial charge in [0.05, 0.1) is 12.1 Å². The summed E-state index contributed by atoms with van der Waals surface area (Å²) in [6, 6.07) is 11.3. The third kappa shape index (κ3) is 4.98. The van der Waals surface area contributed by atoms with Crippen molar-refractivity contribution in [3.8, 4) is 0 Å². The molecule has 3 aromatic rings. The van der Waals surface area contributed by atoms with Gasteiger partial charge in [-0.2, -0.15) is 0 Å². The van der Waals surface area contributed by atoms with E-state index in [2.05, 4.69) is 37.0 Å². The number of benzene rings is 1. The molecule has 0 amide bonds. The van der Waals surface area contributed by atoms with Crippen molar-refractivity contribution in [2.24, 2.45) is 0 Å². The Bertz CT molecular complexity index is 1040. The number of hydrogen-bond donors (Lipinski definition) is 0. The number of carbonyl (C=O) groups is 1. The number of hydrogen-bond acceptors (Lipinski definition) is 5. The number of thioether (sulfide) groups is 1. The molecular weight excluding hydrogens is 360 g/mol. The van der Waals surface area contributed by atoms with Gasteiger partial charge < -0.3 is 4.74 Å². The summed E-state index contributed by atoms with van der Waals surface area (Å²) in [7, 11) is 0. The predicted molar refractivity (Wildman–Crippen MR) is 107 cm³/mol. The molecule has 140 valence electrons. The van der Waals surface area contributed by atoms with Crippen molar-refractivity contribution in [1.29, 1.82) is 0 Å². The Hall–Kier alpha value is -2.60. The molecule has 1 aromatic carbocycles. The van der Waals surface area contributed by atoms with Crippen molar-refractivity contribution in [3.63, 3.8) is 0 Å². The van der Waals surface area contributed by atoms with Gasteiger partial charge in [-0.1, -0.05) is 12.1 Å². The van der Waals surface area contributed by atoms with E-state index in [9.17, 15) is 9.59 Å². The highest BCUT2D eigenvalue weighted by atomic mass is 32.2. The van der Waals surface area contributed by atoms with E-state index in [1.54, 1.807) is 24.0 Å². The van der Waals surface area contributed by atoms with E-state index in [-0.39, 0.29) is 18.1 Å². The minimum absolute atomic E-state index is 0.00670. The predicted octanol–water partition coefficient (Wildman–Crippen LogP) is 3.85. The fourth-order valence-electron chi connectivity index (χ4n) is 2.61. The lowest BCUT2D eigenvalue weighted by Crippen LogP contribution is -2.17. The molecule has 0 spiro atoms. The molecule has 0 atom stereocenters. The minimum atomic E-state index is -0.294. The van der Waals surface area contributed by atoms with Crippen LogP contribution in [0.1, 0.15) is 28.8 Å². The second kappa shape index (κ2) is 8.39. The van der Waals surface area contributed by atoms with Gasteiger partial charge >= 0.3 is 5.97 Å². The van der Waals surface area contributed by atoms with Crippen molar-refractivity contribution in [2.45, 2.75) is 38.7 Å². The summed E-state index contributed by atoms with van der Waals surface area (Å²) >= 11 is 1.63. The van der Waals surface area contributed by atoms with Crippen LogP contribution in [0, 0.1) is 20.8 Å². The van der Waals surface area contributed by atoms with E-state index in [1.165, 1.54) is 21.6 Å². The molecule has 6 heteroatoms. The number of pyridine rings is 1. The molecule has 0 bridgehead atoms. The molecule has 0 fully saturated rings. The monoisotopic (exact) mass is 382 g/mol. The van der Waals surface area contributed by atoms with Gasteiger partial charge in [-0.05, 0) is 55.7 Å². The van der Waals surface area contributed by atoms with E-state index >= 15 is 0 Å². The Morgan fingerprint density at radius 1 is 1.11 bits per heavy atom. The number of esters is 1. The molecular formula is C21H22N2O3S. The van der Waals surface area contributed by atoms with Gasteiger partial charge in [-0.25, -0.2) is 4.98 Å². The summed E-state index contributed by atoms with van der Waals surface area (Å²) in [5, 5.41) is 0. The van der Waals surface area contributed by atoms with Crippen LogP contribution in [0.3, 0.4) is 0 Å². The topological polar surface area (TPSA) is 60.7 Å². The molecule has 0 saturated carbocycles. The minimum Gasteiger partial charge on any atom is -0.459 e. The van der Waals surface area contributed by atoms with Gasteiger partial charge in [0.15, 0.2) is 0 Å². The maximum Gasteiger partial charge on any atom is 0.307 e. The first-order chi connectivity index (χ1) is 12.9. The van der Waals surface area contributed by atoms with Crippen LogP contribution in [0.25, 0.3) is 5.65 Å². The fourth-order valence-corrected chi connectivity index (χ4v) is 3.54. The van der Waals surface area contributed by atoms with Crippen LogP contribution in [0.2, 0.25) is 0 Å². The number of nitrogens with zero attached hydrogens (tertiary/aromatic N) is 2. The zero-order valence-corrected chi connectivity index (χ0v) is 16.5. The standard InChI is InChI=1S/C21H22N2O3S/c1-14-4-7-19-22-17(11-20(24)23(19)12-14)13-26-21(25)8-9-27-18-6-5-15(2)16(3)10-18/h4-7,10-12H,8-9,13H2,1-3H3. The summed E-state index contributed by atoms with van der Waals surface area (Å²) in [5.74, 6) is 0.353. The van der Waals surface area contributed by atoms with Gasteiger partial charge in [-0.15, -0.1) is 11.8 Å². The van der Waals surface area contributed by atoms with Gasteiger partial charge in [0.25, 0.3) is 5.56 Å². The van der Waals surface area contributed by atoms with Crippen molar-refractivity contribution in [3.05, 3.63) is 75.3 Å². The smallest absolute Gasteiger partial charge is 0.307 e. The molecule has 5 nitrogen and oxygen atoms in total. The molecule has 3 rings (SSSR count). The van der Waals surface area contributed by atoms with Crippen molar-refractivity contribution in [2.75, 3.05) is 5.75 Å². The Morgan fingerprint density at radius 3 is 2.70 bits per heavy atom. The van der Waals surface area contributed by atoms with Gasteiger partial charge in [0.2, 0.25) is 0 Å². The first-order valence-electron chi connectivity index (χ1n) is 8.77. The Morgan fingerprint density at radius 2 is 1.93 bits per heavy atom. The average Bonchev–Trinajstić information content (AvgIpc) is 2.63. The number of rotatable bonds is 6. The molecule has 2 heterocycles. The molecule has 27 heavy (non-hydrogen) atoms. The van der Waals surface area contributed by atoms with E-state index in [0.717, 1.165) is 10.5 Å². The number of ether oxygens (including phenoxy) is 1. The van der Waals surface area contributed by atoms with Crippen LogP contribution in [-0.4, -0.2) is 21.1 Å². The van der Waals surface area contributed by atoms with Gasteiger partial charge in [0.1, 0.15) is 12.3 Å². The lowest BCUT2D eigenvalue weighted by molar-refractivity contribution is -0.144. The maximum atomic E-state index is 12.2. The van der Waals surface area contributed by atoms with Crippen LogP contribution < -0.4 is 5.56 Å². The quantitative estimate of drug-likeness (QED) is 0.479. The molecule has 0 aliphatic rings. The summed E-state index contributed by atoms with van der Waals surface area (Å²) in [5.41, 5.74) is 4.30. The third-order valence-electron chi connectivity index (χ3n) is 4.29. The summed E-state index contributed by atoms with van der Waals surface area (Å²) in [6.07, 6.45) is 2.05. The van der Waals surface area contributed by atoms with Crippen LogP contribution >= 0.6 is 11.8 Å². The molecule has 0 N–H and O–H groups in total. The summed E-state index contributed by atoms with van der Waals surface area (Å²) < 4.78 is 6.76. The first kappa shape index (κ1) is 19.2. The Balaban J connectivity index is 1.53. The van der Waals surface area contributed by atoms with E-state index < -0.39 is 0 Å². The Kier molecular flexibility index (Phi) is 5.96. The summed E-state index contributed by atoms with van der Waals surface area (Å²) in [6.45, 7) is 6.08. The van der Waals surface area contributed by atoms with Crippen LogP contribution in [0.5, 0.6) is 0 Å². The largest absolute Gasteiger partial charge is 0.459 e. The normalized spacial score (nSPS) is 10.9. The fraction of sp³-hybridized carbons (Fsp3) is 0.286. The molecule has 2 aromatic heterocycles. The second-order valence-corrected chi connectivity index (χ2v) is 7.69.